The highest BCUT2D eigenvalue weighted by molar-refractivity contribution is 9.10. The number of rotatable bonds is 2. The quantitative estimate of drug-likeness (QED) is 0.731. The molecule has 2 aromatic carbocycles. The van der Waals surface area contributed by atoms with Gasteiger partial charge in [-0.2, -0.15) is 0 Å². The van der Waals surface area contributed by atoms with Crippen molar-refractivity contribution < 1.29 is 4.79 Å². The fraction of sp³-hybridized carbons (Fsp3) is 0.235. The molecule has 0 heterocycles. The average Bonchev–Trinajstić information content (AvgIpc) is 2.41. The van der Waals surface area contributed by atoms with Crippen LogP contribution in [0.3, 0.4) is 0 Å². The first-order chi connectivity index (χ1) is 9.79. The zero-order chi connectivity index (χ0) is 15.6. The Balaban J connectivity index is 2.30. The van der Waals surface area contributed by atoms with Crippen molar-refractivity contribution >= 4 is 39.1 Å². The molecular formula is C17H17BrClNO. The van der Waals surface area contributed by atoms with Crippen LogP contribution < -0.4 is 5.32 Å². The predicted molar refractivity (Wildman–Crippen MR) is 92.2 cm³/mol. The van der Waals surface area contributed by atoms with Gasteiger partial charge in [0, 0.05) is 15.7 Å². The van der Waals surface area contributed by atoms with Crippen LogP contribution in [0.2, 0.25) is 5.02 Å². The first kappa shape index (κ1) is 16.1. The van der Waals surface area contributed by atoms with Crippen molar-refractivity contribution in [3.05, 3.63) is 63.1 Å². The Morgan fingerprint density at radius 2 is 1.81 bits per heavy atom. The van der Waals surface area contributed by atoms with Crippen molar-refractivity contribution in [1.82, 2.24) is 0 Å². The van der Waals surface area contributed by atoms with Gasteiger partial charge in [0.2, 0.25) is 0 Å². The Morgan fingerprint density at radius 1 is 1.14 bits per heavy atom. The second-order valence-electron chi connectivity index (χ2n) is 5.88. The van der Waals surface area contributed by atoms with Gasteiger partial charge < -0.3 is 5.32 Å². The smallest absolute Gasteiger partial charge is 0.255 e. The van der Waals surface area contributed by atoms with Gasteiger partial charge in [0.1, 0.15) is 0 Å². The number of carbonyl (C=O) groups is 1. The van der Waals surface area contributed by atoms with Crippen molar-refractivity contribution in [2.75, 3.05) is 5.32 Å². The summed E-state index contributed by atoms with van der Waals surface area (Å²) in [6.07, 6.45) is 0. The third-order valence-electron chi connectivity index (χ3n) is 3.17. The number of hydrogen-bond acceptors (Lipinski definition) is 1. The molecule has 0 unspecified atom stereocenters. The van der Waals surface area contributed by atoms with E-state index in [9.17, 15) is 4.79 Å². The fourth-order valence-corrected chi connectivity index (χ4v) is 2.51. The maximum atomic E-state index is 12.4. The number of carbonyl (C=O) groups excluding carboxylic acids is 1. The summed E-state index contributed by atoms with van der Waals surface area (Å²) in [5, 5.41) is 3.49. The maximum absolute atomic E-state index is 12.4. The molecule has 0 aliphatic rings. The van der Waals surface area contributed by atoms with Crippen LogP contribution in [0.1, 0.15) is 36.7 Å². The molecule has 1 amide bonds. The van der Waals surface area contributed by atoms with Crippen LogP contribution in [0.4, 0.5) is 5.69 Å². The Kier molecular flexibility index (Phi) is 4.74. The molecule has 2 rings (SSSR count). The zero-order valence-electron chi connectivity index (χ0n) is 12.2. The molecule has 0 aliphatic heterocycles. The van der Waals surface area contributed by atoms with Crippen molar-refractivity contribution in [3.8, 4) is 0 Å². The molecular weight excluding hydrogens is 350 g/mol. The minimum Gasteiger partial charge on any atom is -0.322 e. The zero-order valence-corrected chi connectivity index (χ0v) is 14.5. The molecule has 0 radical (unpaired) electrons. The van der Waals surface area contributed by atoms with Crippen molar-refractivity contribution in [3.63, 3.8) is 0 Å². The second-order valence-corrected chi connectivity index (χ2v) is 7.14. The van der Waals surface area contributed by atoms with Gasteiger partial charge in [-0.3, -0.25) is 4.79 Å². The third kappa shape index (κ3) is 3.86. The van der Waals surface area contributed by atoms with E-state index in [2.05, 4.69) is 42.0 Å². The molecule has 110 valence electrons. The number of benzene rings is 2. The molecule has 2 aromatic rings. The molecule has 0 aromatic heterocycles. The highest BCUT2D eigenvalue weighted by atomic mass is 79.9. The van der Waals surface area contributed by atoms with Crippen molar-refractivity contribution in [2.24, 2.45) is 0 Å². The van der Waals surface area contributed by atoms with Crippen LogP contribution in [0.15, 0.2) is 46.9 Å². The summed E-state index contributed by atoms with van der Waals surface area (Å²) in [4.78, 5) is 12.4. The number of para-hydroxylation sites is 1. The van der Waals surface area contributed by atoms with Crippen LogP contribution in [0, 0.1) is 0 Å². The van der Waals surface area contributed by atoms with Gasteiger partial charge in [0.15, 0.2) is 0 Å². The first-order valence-electron chi connectivity index (χ1n) is 6.65. The maximum Gasteiger partial charge on any atom is 0.255 e. The van der Waals surface area contributed by atoms with E-state index in [0.717, 1.165) is 15.7 Å². The molecule has 0 saturated carbocycles. The normalized spacial score (nSPS) is 11.3. The van der Waals surface area contributed by atoms with E-state index in [1.165, 1.54) is 0 Å². The minimum atomic E-state index is -0.166. The van der Waals surface area contributed by atoms with Gasteiger partial charge in [-0.05, 0) is 51.2 Å². The second kappa shape index (κ2) is 6.20. The van der Waals surface area contributed by atoms with E-state index in [1.807, 2.05) is 24.3 Å². The lowest BCUT2D eigenvalue weighted by Crippen LogP contribution is -2.18. The van der Waals surface area contributed by atoms with Crippen LogP contribution in [-0.4, -0.2) is 5.91 Å². The van der Waals surface area contributed by atoms with E-state index < -0.39 is 0 Å². The summed E-state index contributed by atoms with van der Waals surface area (Å²) >= 11 is 9.36. The molecule has 0 saturated heterocycles. The van der Waals surface area contributed by atoms with Crippen molar-refractivity contribution in [1.29, 1.82) is 0 Å². The largest absolute Gasteiger partial charge is 0.322 e. The SMILES string of the molecule is CC(C)(C)c1ccccc1NC(=O)c1ccc(Br)c(Cl)c1. The van der Waals surface area contributed by atoms with E-state index in [1.54, 1.807) is 18.2 Å². The Morgan fingerprint density at radius 3 is 2.43 bits per heavy atom. The summed E-state index contributed by atoms with van der Waals surface area (Å²) in [5.41, 5.74) is 2.42. The molecule has 1 N–H and O–H groups in total. The van der Waals surface area contributed by atoms with Crippen LogP contribution >= 0.6 is 27.5 Å². The predicted octanol–water partition coefficient (Wildman–Crippen LogP) is 5.65. The molecule has 21 heavy (non-hydrogen) atoms. The van der Waals surface area contributed by atoms with Crippen LogP contribution in [0.25, 0.3) is 0 Å². The number of anilines is 1. The van der Waals surface area contributed by atoms with Crippen LogP contribution in [0.5, 0.6) is 0 Å². The summed E-state index contributed by atoms with van der Waals surface area (Å²) in [6.45, 7) is 6.36. The highest BCUT2D eigenvalue weighted by Crippen LogP contribution is 2.30. The van der Waals surface area contributed by atoms with E-state index in [4.69, 9.17) is 11.6 Å². The average molecular weight is 367 g/mol. The van der Waals surface area contributed by atoms with E-state index in [-0.39, 0.29) is 11.3 Å². The molecule has 0 aliphatic carbocycles. The van der Waals surface area contributed by atoms with Gasteiger partial charge in [-0.1, -0.05) is 50.6 Å². The fourth-order valence-electron chi connectivity index (χ4n) is 2.08. The molecule has 0 fully saturated rings. The summed E-state index contributed by atoms with van der Waals surface area (Å²) in [7, 11) is 0. The van der Waals surface area contributed by atoms with Gasteiger partial charge in [-0.15, -0.1) is 0 Å². The van der Waals surface area contributed by atoms with Crippen LogP contribution in [-0.2, 0) is 5.41 Å². The van der Waals surface area contributed by atoms with Gasteiger partial charge in [0.25, 0.3) is 5.91 Å². The third-order valence-corrected chi connectivity index (χ3v) is 4.40. The van der Waals surface area contributed by atoms with Gasteiger partial charge >= 0.3 is 0 Å². The lowest BCUT2D eigenvalue weighted by Gasteiger charge is -2.23. The van der Waals surface area contributed by atoms with Gasteiger partial charge in [-0.25, -0.2) is 0 Å². The first-order valence-corrected chi connectivity index (χ1v) is 7.82. The molecule has 0 atom stereocenters. The summed E-state index contributed by atoms with van der Waals surface area (Å²) < 4.78 is 0.774. The van der Waals surface area contributed by atoms with Gasteiger partial charge in [0.05, 0.1) is 5.02 Å². The minimum absolute atomic E-state index is 0.0404. The lowest BCUT2D eigenvalue weighted by atomic mass is 9.86. The Bertz CT molecular complexity index is 677. The van der Waals surface area contributed by atoms with E-state index in [0.29, 0.717) is 10.6 Å². The molecule has 0 bridgehead atoms. The molecule has 0 spiro atoms. The molecule has 4 heteroatoms. The monoisotopic (exact) mass is 365 g/mol. The highest BCUT2D eigenvalue weighted by Gasteiger charge is 2.19. The summed E-state index contributed by atoms with van der Waals surface area (Å²) in [6, 6.07) is 13.0. The number of hydrogen-bond donors (Lipinski definition) is 1. The topological polar surface area (TPSA) is 29.1 Å². The number of amides is 1. The number of halogens is 2. The Labute approximate surface area is 138 Å². The Hall–Kier alpha value is -1.32. The summed E-state index contributed by atoms with van der Waals surface area (Å²) in [5.74, 6) is -0.166. The van der Waals surface area contributed by atoms with E-state index >= 15 is 0 Å². The van der Waals surface area contributed by atoms with Crippen molar-refractivity contribution in [2.45, 2.75) is 26.2 Å². The standard InChI is InChI=1S/C17H17BrClNO/c1-17(2,3)12-6-4-5-7-15(12)20-16(21)11-8-9-13(18)14(19)10-11/h4-10H,1-3H3,(H,20,21). The number of nitrogens with one attached hydrogen (secondary N) is 1. The molecule has 2 nitrogen and oxygen atoms in total. The lowest BCUT2D eigenvalue weighted by molar-refractivity contribution is 0.102.